The number of pyridine rings is 1. The molecule has 3 N–H and O–H groups in total. The van der Waals surface area contributed by atoms with Crippen LogP contribution in [0.15, 0.2) is 59.9 Å². The van der Waals surface area contributed by atoms with Crippen LogP contribution in [0.2, 0.25) is 0 Å². The lowest BCUT2D eigenvalue weighted by Crippen LogP contribution is -2.55. The highest BCUT2D eigenvalue weighted by Gasteiger charge is 2.61. The van der Waals surface area contributed by atoms with Gasteiger partial charge in [-0.05, 0) is 55.0 Å². The summed E-state index contributed by atoms with van der Waals surface area (Å²) in [5, 5.41) is 7.08. The van der Waals surface area contributed by atoms with E-state index in [9.17, 15) is 18.0 Å². The smallest absolute Gasteiger partial charge is 0.259 e. The monoisotopic (exact) mass is 566 g/mol. The van der Waals surface area contributed by atoms with Gasteiger partial charge in [0.1, 0.15) is 17.4 Å². The minimum atomic E-state index is -3.74. The Morgan fingerprint density at radius 3 is 2.75 bits per heavy atom. The van der Waals surface area contributed by atoms with E-state index in [-0.39, 0.29) is 12.0 Å². The first-order valence-corrected chi connectivity index (χ1v) is 14.7. The summed E-state index contributed by atoms with van der Waals surface area (Å²) in [6.07, 6.45) is 6.05. The Balaban J connectivity index is 1.17. The van der Waals surface area contributed by atoms with E-state index >= 15 is 0 Å². The fourth-order valence-corrected chi connectivity index (χ4v) is 6.52. The quantitative estimate of drug-likeness (QED) is 0.314. The summed E-state index contributed by atoms with van der Waals surface area (Å²) in [4.78, 5) is 30.9. The van der Waals surface area contributed by atoms with Crippen molar-refractivity contribution in [3.63, 3.8) is 0 Å². The first-order chi connectivity index (χ1) is 19.2. The van der Waals surface area contributed by atoms with Gasteiger partial charge >= 0.3 is 0 Å². The van der Waals surface area contributed by atoms with Gasteiger partial charge in [0.2, 0.25) is 21.8 Å². The van der Waals surface area contributed by atoms with E-state index in [0.29, 0.717) is 49.6 Å². The maximum absolute atomic E-state index is 13.2. The van der Waals surface area contributed by atoms with Crippen LogP contribution in [0.3, 0.4) is 0 Å². The number of nitrogens with one attached hydrogen (secondary N) is 3. The molecule has 11 nitrogen and oxygen atoms in total. The number of amides is 2. The molecule has 12 heteroatoms. The number of carbonyl (C=O) groups is 2. The summed E-state index contributed by atoms with van der Waals surface area (Å²) in [6.45, 7) is 4.11. The second-order valence-corrected chi connectivity index (χ2v) is 12.5. The molecule has 2 aliphatic carbocycles. The molecule has 4 unspecified atom stereocenters. The fraction of sp³-hybridized carbons (Fsp3) is 0.393. The zero-order chi connectivity index (χ0) is 28.1. The zero-order valence-corrected chi connectivity index (χ0v) is 22.7. The molecule has 2 aromatic heterocycles. The SMILES string of the molecule is C=CC1CC1(NC(=O)C1CC(Oc2nc(-c3ccoc3)cc3cc(OC)ccc23)CN1)C(=O)NS(=O)(=O)C1CC1. The van der Waals surface area contributed by atoms with Crippen LogP contribution >= 0.6 is 0 Å². The number of rotatable bonds is 10. The average molecular weight is 567 g/mol. The number of carbonyl (C=O) groups excluding carboxylic acids is 2. The lowest BCUT2D eigenvalue weighted by atomic mass is 10.1. The first-order valence-electron chi connectivity index (χ1n) is 13.1. The Bertz CT molecular complexity index is 1590. The molecule has 0 spiro atoms. The van der Waals surface area contributed by atoms with Gasteiger partial charge in [-0.2, -0.15) is 0 Å². The Kier molecular flexibility index (Phi) is 6.54. The third kappa shape index (κ3) is 4.92. The van der Waals surface area contributed by atoms with Crippen molar-refractivity contribution < 1.29 is 31.9 Å². The minimum Gasteiger partial charge on any atom is -0.497 e. The lowest BCUT2D eigenvalue weighted by Gasteiger charge is -2.21. The summed E-state index contributed by atoms with van der Waals surface area (Å²) < 4.78 is 43.8. The van der Waals surface area contributed by atoms with E-state index in [1.807, 2.05) is 30.3 Å². The predicted octanol–water partition coefficient (Wildman–Crippen LogP) is 2.28. The van der Waals surface area contributed by atoms with Crippen LogP contribution in [0.5, 0.6) is 11.6 Å². The van der Waals surface area contributed by atoms with E-state index in [1.54, 1.807) is 25.7 Å². The Morgan fingerprint density at radius 2 is 2.08 bits per heavy atom. The standard InChI is InChI=1S/C28H30N4O7S/c1-3-18-13-28(18,27(34)32-40(35,36)21-5-6-21)31-25(33)24-12-20(14-29-24)39-26-22-7-4-19(37-2)10-17(22)11-23(30-26)16-8-9-38-15-16/h3-4,7-11,15,18,20-21,24,29H,1,5-6,12-14H2,2H3,(H,31,33)(H,32,34). The van der Waals surface area contributed by atoms with Crippen molar-refractivity contribution >= 4 is 32.6 Å². The highest BCUT2D eigenvalue weighted by molar-refractivity contribution is 7.91. The number of methoxy groups -OCH3 is 1. The van der Waals surface area contributed by atoms with Gasteiger partial charge in [-0.3, -0.25) is 14.3 Å². The van der Waals surface area contributed by atoms with Crippen LogP contribution in [-0.2, 0) is 19.6 Å². The second-order valence-electron chi connectivity index (χ2n) is 10.5. The molecule has 1 saturated heterocycles. The number of nitrogens with zero attached hydrogens (tertiary/aromatic N) is 1. The molecule has 2 saturated carbocycles. The summed E-state index contributed by atoms with van der Waals surface area (Å²) in [5.74, 6) is -0.352. The van der Waals surface area contributed by atoms with Crippen molar-refractivity contribution in [3.8, 4) is 22.9 Å². The van der Waals surface area contributed by atoms with Crippen molar-refractivity contribution in [3.05, 3.63) is 55.5 Å². The van der Waals surface area contributed by atoms with Crippen molar-refractivity contribution in [1.82, 2.24) is 20.3 Å². The number of ether oxygens (including phenoxy) is 2. The molecular formula is C28H30N4O7S. The van der Waals surface area contributed by atoms with E-state index in [4.69, 9.17) is 18.9 Å². The molecule has 3 aliphatic rings. The molecule has 3 aromatic rings. The molecule has 6 rings (SSSR count). The molecule has 0 bridgehead atoms. The Labute approximate surface area is 231 Å². The van der Waals surface area contributed by atoms with E-state index in [1.165, 1.54) is 0 Å². The zero-order valence-electron chi connectivity index (χ0n) is 21.9. The van der Waals surface area contributed by atoms with Gasteiger partial charge in [0.15, 0.2) is 0 Å². The molecule has 0 radical (unpaired) electrons. The largest absolute Gasteiger partial charge is 0.497 e. The third-order valence-corrected chi connectivity index (χ3v) is 9.57. The maximum Gasteiger partial charge on any atom is 0.259 e. The van der Waals surface area contributed by atoms with Crippen molar-refractivity contribution in [2.24, 2.45) is 5.92 Å². The lowest BCUT2D eigenvalue weighted by molar-refractivity contribution is -0.130. The number of sulfonamides is 1. The average Bonchev–Trinajstić information content (AvgIpc) is 3.80. The van der Waals surface area contributed by atoms with Gasteiger partial charge in [-0.1, -0.05) is 6.08 Å². The maximum atomic E-state index is 13.2. The fourth-order valence-electron chi connectivity index (χ4n) is 5.15. The van der Waals surface area contributed by atoms with E-state index < -0.39 is 38.7 Å². The van der Waals surface area contributed by atoms with Crippen LogP contribution in [0, 0.1) is 5.92 Å². The molecule has 1 aromatic carbocycles. The van der Waals surface area contributed by atoms with E-state index in [2.05, 4.69) is 21.9 Å². The van der Waals surface area contributed by atoms with Gasteiger partial charge < -0.3 is 24.5 Å². The number of aromatic nitrogens is 1. The summed E-state index contributed by atoms with van der Waals surface area (Å²) in [7, 11) is -2.14. The van der Waals surface area contributed by atoms with Gasteiger partial charge in [-0.25, -0.2) is 13.4 Å². The molecule has 3 heterocycles. The Morgan fingerprint density at radius 1 is 1.25 bits per heavy atom. The predicted molar refractivity (Wildman–Crippen MR) is 146 cm³/mol. The van der Waals surface area contributed by atoms with Crippen LogP contribution < -0.4 is 24.8 Å². The molecule has 4 atom stereocenters. The van der Waals surface area contributed by atoms with E-state index in [0.717, 1.165) is 16.3 Å². The normalized spacial score (nSPS) is 25.8. The molecular weight excluding hydrogens is 536 g/mol. The van der Waals surface area contributed by atoms with Crippen LogP contribution in [0.4, 0.5) is 0 Å². The highest BCUT2D eigenvalue weighted by Crippen LogP contribution is 2.45. The van der Waals surface area contributed by atoms with Crippen LogP contribution in [0.25, 0.3) is 22.0 Å². The molecule has 210 valence electrons. The van der Waals surface area contributed by atoms with Gasteiger partial charge in [-0.15, -0.1) is 6.58 Å². The topological polar surface area (TPSA) is 149 Å². The molecule has 2 amide bonds. The van der Waals surface area contributed by atoms with Gasteiger partial charge in [0, 0.05) is 29.8 Å². The summed E-state index contributed by atoms with van der Waals surface area (Å²) >= 11 is 0. The second kappa shape index (κ2) is 9.93. The van der Waals surface area contributed by atoms with Crippen molar-refractivity contribution in [2.45, 2.75) is 48.6 Å². The first kappa shape index (κ1) is 26.3. The van der Waals surface area contributed by atoms with Crippen LogP contribution in [0.1, 0.15) is 25.7 Å². The molecule has 40 heavy (non-hydrogen) atoms. The molecule has 3 fully saturated rings. The molecule has 1 aliphatic heterocycles. The third-order valence-electron chi connectivity index (χ3n) is 7.75. The number of fused-ring (bicyclic) bond motifs is 1. The Hall–Kier alpha value is -3.90. The highest BCUT2D eigenvalue weighted by atomic mass is 32.2. The minimum absolute atomic E-state index is 0.293. The summed E-state index contributed by atoms with van der Waals surface area (Å²) in [5.41, 5.74) is 0.143. The van der Waals surface area contributed by atoms with Gasteiger partial charge in [0.05, 0.1) is 36.6 Å². The van der Waals surface area contributed by atoms with Crippen molar-refractivity contribution in [1.29, 1.82) is 0 Å². The number of furan rings is 1. The number of benzene rings is 1. The van der Waals surface area contributed by atoms with Crippen LogP contribution in [-0.4, -0.2) is 61.8 Å². The van der Waals surface area contributed by atoms with Gasteiger partial charge in [0.25, 0.3) is 5.91 Å². The van der Waals surface area contributed by atoms with Crippen molar-refractivity contribution in [2.75, 3.05) is 13.7 Å². The number of hydrogen-bond acceptors (Lipinski definition) is 9. The number of hydrogen-bond donors (Lipinski definition) is 3. The summed E-state index contributed by atoms with van der Waals surface area (Å²) in [6, 6.07) is 8.71.